The fourth-order valence-electron chi connectivity index (χ4n) is 1.31. The van der Waals surface area contributed by atoms with E-state index >= 15 is 0 Å². The van der Waals surface area contributed by atoms with Gasteiger partial charge >= 0.3 is 5.97 Å². The average Bonchev–Trinajstić information content (AvgIpc) is 2.77. The lowest BCUT2D eigenvalue weighted by atomic mass is 10.3. The molecule has 0 bridgehead atoms. The highest BCUT2D eigenvalue weighted by molar-refractivity contribution is 7.99. The number of hydrogen-bond acceptors (Lipinski definition) is 6. The van der Waals surface area contributed by atoms with Crippen LogP contribution in [0.1, 0.15) is 5.82 Å². The number of carboxylic acid groups (broad SMARTS) is 1. The number of rotatable bonds is 6. The fourth-order valence-corrected chi connectivity index (χ4v) is 2.03. The lowest BCUT2D eigenvalue weighted by Gasteiger charge is -2.06. The SMILES string of the molecule is Nn1c(COc2ccc(Cl)cc2)nnc1SCC(=O)O. The molecule has 0 atom stereocenters. The summed E-state index contributed by atoms with van der Waals surface area (Å²) in [6.07, 6.45) is 0. The summed E-state index contributed by atoms with van der Waals surface area (Å²) < 4.78 is 6.69. The van der Waals surface area contributed by atoms with E-state index in [0.29, 0.717) is 21.8 Å². The van der Waals surface area contributed by atoms with E-state index < -0.39 is 5.97 Å². The summed E-state index contributed by atoms with van der Waals surface area (Å²) in [5, 5.41) is 17.2. The first kappa shape index (κ1) is 14.5. The number of hydrogen-bond donors (Lipinski definition) is 2. The van der Waals surface area contributed by atoms with Crippen molar-refractivity contribution in [3.63, 3.8) is 0 Å². The van der Waals surface area contributed by atoms with Gasteiger partial charge in [-0.1, -0.05) is 23.4 Å². The first-order valence-corrected chi connectivity index (χ1v) is 6.85. The maximum Gasteiger partial charge on any atom is 0.313 e. The van der Waals surface area contributed by atoms with Crippen molar-refractivity contribution in [2.75, 3.05) is 11.6 Å². The van der Waals surface area contributed by atoms with Gasteiger partial charge in [-0.2, -0.15) is 0 Å². The monoisotopic (exact) mass is 314 g/mol. The number of halogens is 1. The van der Waals surface area contributed by atoms with Crippen molar-refractivity contribution in [3.05, 3.63) is 35.1 Å². The smallest absolute Gasteiger partial charge is 0.313 e. The normalized spacial score (nSPS) is 10.4. The van der Waals surface area contributed by atoms with Gasteiger partial charge in [-0.25, -0.2) is 4.68 Å². The molecule has 1 aromatic heterocycles. The Balaban J connectivity index is 1.96. The van der Waals surface area contributed by atoms with E-state index in [1.807, 2.05) is 0 Å². The number of nitrogen functional groups attached to an aromatic ring is 1. The molecule has 2 aromatic rings. The molecular weight excluding hydrogens is 304 g/mol. The molecule has 0 radical (unpaired) electrons. The van der Waals surface area contributed by atoms with Gasteiger partial charge in [-0.05, 0) is 24.3 Å². The largest absolute Gasteiger partial charge is 0.486 e. The molecule has 7 nitrogen and oxygen atoms in total. The van der Waals surface area contributed by atoms with Gasteiger partial charge in [-0.15, -0.1) is 10.2 Å². The molecule has 0 aliphatic rings. The van der Waals surface area contributed by atoms with Crippen molar-refractivity contribution >= 4 is 29.3 Å². The molecule has 0 spiro atoms. The lowest BCUT2D eigenvalue weighted by molar-refractivity contribution is -0.133. The molecule has 0 saturated carbocycles. The minimum Gasteiger partial charge on any atom is -0.486 e. The number of aliphatic carboxylic acids is 1. The zero-order valence-corrected chi connectivity index (χ0v) is 11.8. The van der Waals surface area contributed by atoms with E-state index in [1.165, 1.54) is 4.68 Å². The number of nitrogens with two attached hydrogens (primary N) is 1. The van der Waals surface area contributed by atoms with Crippen molar-refractivity contribution in [1.82, 2.24) is 14.9 Å². The van der Waals surface area contributed by atoms with Crippen molar-refractivity contribution in [3.8, 4) is 5.75 Å². The minimum atomic E-state index is -0.947. The van der Waals surface area contributed by atoms with Crippen molar-refractivity contribution in [1.29, 1.82) is 0 Å². The molecule has 3 N–H and O–H groups in total. The van der Waals surface area contributed by atoms with Gasteiger partial charge in [0.2, 0.25) is 5.16 Å². The third kappa shape index (κ3) is 3.78. The second-order valence-electron chi connectivity index (χ2n) is 3.69. The summed E-state index contributed by atoms with van der Waals surface area (Å²) in [5.74, 6) is 5.69. The maximum absolute atomic E-state index is 10.5. The zero-order valence-electron chi connectivity index (χ0n) is 10.2. The molecule has 1 aromatic carbocycles. The van der Waals surface area contributed by atoms with E-state index in [4.69, 9.17) is 27.3 Å². The minimum absolute atomic E-state index is 0.124. The van der Waals surface area contributed by atoms with Gasteiger partial charge in [-0.3, -0.25) is 4.79 Å². The number of thioether (sulfide) groups is 1. The van der Waals surface area contributed by atoms with Crippen LogP contribution < -0.4 is 10.6 Å². The predicted molar refractivity (Wildman–Crippen MR) is 74.3 cm³/mol. The van der Waals surface area contributed by atoms with Gasteiger partial charge < -0.3 is 15.7 Å². The van der Waals surface area contributed by atoms with E-state index in [1.54, 1.807) is 24.3 Å². The standard InChI is InChI=1S/C11H11ClN4O3S/c12-7-1-3-8(4-2-7)19-5-9-14-15-11(16(9)13)20-6-10(17)18/h1-4H,5-6,13H2,(H,17,18). The molecular formula is C11H11ClN4O3S. The lowest BCUT2D eigenvalue weighted by Crippen LogP contribution is -2.16. The molecule has 2 rings (SSSR count). The van der Waals surface area contributed by atoms with Gasteiger partial charge in [0, 0.05) is 5.02 Å². The maximum atomic E-state index is 10.5. The summed E-state index contributed by atoms with van der Waals surface area (Å²) in [7, 11) is 0. The Morgan fingerprint density at radius 1 is 1.40 bits per heavy atom. The summed E-state index contributed by atoms with van der Waals surface area (Å²) in [4.78, 5) is 10.5. The zero-order chi connectivity index (χ0) is 14.5. The molecule has 9 heteroatoms. The van der Waals surface area contributed by atoms with Gasteiger partial charge in [0.25, 0.3) is 0 Å². The number of nitrogens with zero attached hydrogens (tertiary/aromatic N) is 3. The fraction of sp³-hybridized carbons (Fsp3) is 0.182. The first-order valence-electron chi connectivity index (χ1n) is 5.48. The van der Waals surface area contributed by atoms with Crippen LogP contribution in [0, 0.1) is 0 Å². The molecule has 0 aliphatic carbocycles. The van der Waals surface area contributed by atoms with Gasteiger partial charge in [0.1, 0.15) is 12.4 Å². The number of carbonyl (C=O) groups is 1. The Morgan fingerprint density at radius 2 is 2.10 bits per heavy atom. The van der Waals surface area contributed by atoms with Crippen LogP contribution >= 0.6 is 23.4 Å². The highest BCUT2D eigenvalue weighted by Crippen LogP contribution is 2.18. The van der Waals surface area contributed by atoms with Crippen LogP contribution in [0.5, 0.6) is 5.75 Å². The van der Waals surface area contributed by atoms with Crippen LogP contribution in [-0.2, 0) is 11.4 Å². The Hall–Kier alpha value is -1.93. The number of aromatic nitrogens is 3. The van der Waals surface area contributed by atoms with Crippen molar-refractivity contribution in [2.45, 2.75) is 11.8 Å². The van der Waals surface area contributed by atoms with Crippen molar-refractivity contribution < 1.29 is 14.6 Å². The van der Waals surface area contributed by atoms with Crippen LogP contribution in [0.2, 0.25) is 5.02 Å². The quantitative estimate of drug-likeness (QED) is 0.613. The van der Waals surface area contributed by atoms with Gasteiger partial charge in [0.05, 0.1) is 5.75 Å². The first-order chi connectivity index (χ1) is 9.56. The Labute approximate surface area is 123 Å². The second-order valence-corrected chi connectivity index (χ2v) is 5.07. The molecule has 1 heterocycles. The Morgan fingerprint density at radius 3 is 2.75 bits per heavy atom. The van der Waals surface area contributed by atoms with Crippen LogP contribution in [0.15, 0.2) is 29.4 Å². The van der Waals surface area contributed by atoms with Crippen LogP contribution in [0.3, 0.4) is 0 Å². The number of ether oxygens (including phenoxy) is 1. The highest BCUT2D eigenvalue weighted by atomic mass is 35.5. The highest BCUT2D eigenvalue weighted by Gasteiger charge is 2.12. The van der Waals surface area contributed by atoms with Crippen LogP contribution in [0.4, 0.5) is 0 Å². The van der Waals surface area contributed by atoms with E-state index in [9.17, 15) is 4.79 Å². The summed E-state index contributed by atoms with van der Waals surface area (Å²) in [6.45, 7) is 0.124. The molecule has 106 valence electrons. The summed E-state index contributed by atoms with van der Waals surface area (Å²) >= 11 is 6.76. The summed E-state index contributed by atoms with van der Waals surface area (Å²) in [5.41, 5.74) is 0. The molecule has 0 saturated heterocycles. The Kier molecular flexibility index (Phi) is 4.70. The van der Waals surface area contributed by atoms with E-state index in [-0.39, 0.29) is 12.4 Å². The second kappa shape index (κ2) is 6.49. The molecule has 0 fully saturated rings. The van der Waals surface area contributed by atoms with Crippen LogP contribution in [0.25, 0.3) is 0 Å². The van der Waals surface area contributed by atoms with E-state index in [2.05, 4.69) is 10.2 Å². The molecule has 0 aliphatic heterocycles. The van der Waals surface area contributed by atoms with Crippen molar-refractivity contribution in [2.24, 2.45) is 0 Å². The Bertz CT molecular complexity index is 602. The molecule has 20 heavy (non-hydrogen) atoms. The number of benzene rings is 1. The van der Waals surface area contributed by atoms with Crippen LogP contribution in [-0.4, -0.2) is 31.7 Å². The third-order valence-electron chi connectivity index (χ3n) is 2.24. The molecule has 0 unspecified atom stereocenters. The average molecular weight is 315 g/mol. The van der Waals surface area contributed by atoms with E-state index in [0.717, 1.165) is 11.8 Å². The number of carboxylic acids is 1. The summed E-state index contributed by atoms with van der Waals surface area (Å²) in [6, 6.07) is 6.86. The van der Waals surface area contributed by atoms with Gasteiger partial charge in [0.15, 0.2) is 5.82 Å². The molecule has 0 amide bonds. The third-order valence-corrected chi connectivity index (χ3v) is 3.42. The predicted octanol–water partition coefficient (Wildman–Crippen LogP) is 1.40. The topological polar surface area (TPSA) is 103 Å².